The number of aromatic nitrogens is 1. The number of hydrogen-bond donors (Lipinski definition) is 2. The van der Waals surface area contributed by atoms with Crippen molar-refractivity contribution in [1.82, 2.24) is 4.57 Å². The van der Waals surface area contributed by atoms with Crippen LogP contribution in [0.25, 0.3) is 0 Å². The molecule has 17 heavy (non-hydrogen) atoms. The Hall–Kier alpha value is -0.850. The molecule has 5 nitrogen and oxygen atoms in total. The van der Waals surface area contributed by atoms with E-state index in [1.165, 1.54) is 0 Å². The van der Waals surface area contributed by atoms with Crippen LogP contribution in [0, 0.1) is 6.92 Å². The molecule has 0 saturated carbocycles. The monoisotopic (exact) mass is 258 g/mol. The normalized spacial score (nSPS) is 20.3. The van der Waals surface area contributed by atoms with Gasteiger partial charge in [-0.1, -0.05) is 0 Å². The number of aliphatic hydroxyl groups excluding tert-OH is 1. The molecule has 2 rings (SSSR count). The molecule has 1 aliphatic carbocycles. The molecule has 1 aromatic rings. The first-order valence-electron chi connectivity index (χ1n) is 5.76. The fourth-order valence-corrected chi connectivity index (χ4v) is 2.91. The number of aryl methyl sites for hydroxylation is 1. The number of nitrogens with two attached hydrogens (primary N) is 1. The van der Waals surface area contributed by atoms with E-state index in [2.05, 4.69) is 0 Å². The third-order valence-electron chi connectivity index (χ3n) is 3.30. The van der Waals surface area contributed by atoms with Gasteiger partial charge < -0.3 is 9.67 Å². The summed E-state index contributed by atoms with van der Waals surface area (Å²) in [5.74, 6) is -0.0644. The average Bonchev–Trinajstić information content (AvgIpc) is 2.52. The molecule has 96 valence electrons. The van der Waals surface area contributed by atoms with Crippen molar-refractivity contribution in [3.8, 4) is 0 Å². The van der Waals surface area contributed by atoms with Crippen molar-refractivity contribution in [1.29, 1.82) is 0 Å². The summed E-state index contributed by atoms with van der Waals surface area (Å²) in [6.07, 6.45) is 2.21. The Bertz CT molecular complexity index is 519. The first-order valence-corrected chi connectivity index (χ1v) is 7.47. The van der Waals surface area contributed by atoms with Crippen LogP contribution in [0.5, 0.6) is 0 Å². The summed E-state index contributed by atoms with van der Waals surface area (Å²) in [5.41, 5.74) is 2.99. The van der Waals surface area contributed by atoms with Crippen molar-refractivity contribution in [2.75, 3.05) is 5.75 Å². The van der Waals surface area contributed by atoms with Gasteiger partial charge in [-0.25, -0.2) is 13.6 Å². The molecule has 6 heteroatoms. The van der Waals surface area contributed by atoms with Crippen LogP contribution in [0.4, 0.5) is 0 Å². The molecular weight excluding hydrogens is 240 g/mol. The Morgan fingerprint density at radius 1 is 1.59 bits per heavy atom. The fraction of sp³-hybridized carbons (Fsp3) is 0.636. The molecule has 1 aliphatic rings. The van der Waals surface area contributed by atoms with Crippen molar-refractivity contribution in [2.45, 2.75) is 38.8 Å². The predicted octanol–water partition coefficient (Wildman–Crippen LogP) is 0.455. The van der Waals surface area contributed by atoms with Crippen LogP contribution in [-0.4, -0.2) is 23.8 Å². The summed E-state index contributed by atoms with van der Waals surface area (Å²) in [6, 6.07) is 1.95. The third kappa shape index (κ3) is 2.70. The second-order valence-corrected chi connectivity index (χ2v) is 6.35. The summed E-state index contributed by atoms with van der Waals surface area (Å²) in [5, 5.41) is 14.9. The van der Waals surface area contributed by atoms with Gasteiger partial charge in [0.1, 0.15) is 0 Å². The number of aliphatic hydroxyl groups is 1. The van der Waals surface area contributed by atoms with Gasteiger partial charge in [0.05, 0.1) is 11.9 Å². The SMILES string of the molecule is Cc1cc2c(n1CCS(N)(=O)=O)CCCC2O. The number of hydrogen-bond acceptors (Lipinski definition) is 3. The van der Waals surface area contributed by atoms with E-state index in [9.17, 15) is 13.5 Å². The number of sulfonamides is 1. The third-order valence-corrected chi connectivity index (χ3v) is 4.05. The molecule has 1 atom stereocenters. The van der Waals surface area contributed by atoms with Gasteiger partial charge in [0.15, 0.2) is 0 Å². The van der Waals surface area contributed by atoms with Gasteiger partial charge in [-0.2, -0.15) is 0 Å². The minimum absolute atomic E-state index is 0.0644. The summed E-state index contributed by atoms with van der Waals surface area (Å²) in [6.45, 7) is 2.29. The van der Waals surface area contributed by atoms with Crippen LogP contribution < -0.4 is 5.14 Å². The summed E-state index contributed by atoms with van der Waals surface area (Å²) >= 11 is 0. The molecule has 1 aromatic heterocycles. The van der Waals surface area contributed by atoms with Crippen LogP contribution in [0.3, 0.4) is 0 Å². The lowest BCUT2D eigenvalue weighted by atomic mass is 9.95. The molecule has 1 unspecified atom stereocenters. The van der Waals surface area contributed by atoms with Crippen molar-refractivity contribution in [3.05, 3.63) is 23.0 Å². The van der Waals surface area contributed by atoms with E-state index >= 15 is 0 Å². The van der Waals surface area contributed by atoms with Gasteiger partial charge in [0.25, 0.3) is 0 Å². The van der Waals surface area contributed by atoms with Gasteiger partial charge in [-0.15, -0.1) is 0 Å². The smallest absolute Gasteiger partial charge is 0.210 e. The Morgan fingerprint density at radius 3 is 2.94 bits per heavy atom. The van der Waals surface area contributed by atoms with Crippen molar-refractivity contribution in [3.63, 3.8) is 0 Å². The highest BCUT2D eigenvalue weighted by Gasteiger charge is 2.23. The molecule has 0 bridgehead atoms. The molecule has 0 saturated heterocycles. The summed E-state index contributed by atoms with van der Waals surface area (Å²) < 4.78 is 23.9. The van der Waals surface area contributed by atoms with Gasteiger partial charge in [0, 0.05) is 23.5 Å². The minimum atomic E-state index is -3.44. The highest BCUT2D eigenvalue weighted by atomic mass is 32.2. The molecule has 0 aliphatic heterocycles. The van der Waals surface area contributed by atoms with Crippen LogP contribution in [0.2, 0.25) is 0 Å². The molecule has 1 heterocycles. The first-order chi connectivity index (χ1) is 7.88. The highest BCUT2D eigenvalue weighted by molar-refractivity contribution is 7.89. The lowest BCUT2D eigenvalue weighted by molar-refractivity contribution is 0.155. The number of primary sulfonamides is 1. The van der Waals surface area contributed by atoms with Gasteiger partial charge >= 0.3 is 0 Å². The van der Waals surface area contributed by atoms with Gasteiger partial charge in [-0.3, -0.25) is 0 Å². The Kier molecular flexibility index (Phi) is 3.29. The summed E-state index contributed by atoms with van der Waals surface area (Å²) in [4.78, 5) is 0. The first kappa shape index (κ1) is 12.6. The largest absolute Gasteiger partial charge is 0.388 e. The second kappa shape index (κ2) is 4.44. The maximum absolute atomic E-state index is 11.0. The second-order valence-electron chi connectivity index (χ2n) is 4.61. The number of fused-ring (bicyclic) bond motifs is 1. The van der Waals surface area contributed by atoms with E-state index in [-0.39, 0.29) is 5.75 Å². The van der Waals surface area contributed by atoms with E-state index < -0.39 is 16.1 Å². The zero-order chi connectivity index (χ0) is 12.6. The average molecular weight is 258 g/mol. The maximum Gasteiger partial charge on any atom is 0.210 e. The van der Waals surface area contributed by atoms with E-state index in [1.54, 1.807) is 0 Å². The number of nitrogens with zero attached hydrogens (tertiary/aromatic N) is 1. The molecule has 0 spiro atoms. The molecule has 0 amide bonds. The van der Waals surface area contributed by atoms with E-state index in [1.807, 2.05) is 17.6 Å². The quantitative estimate of drug-likeness (QED) is 0.825. The minimum Gasteiger partial charge on any atom is -0.388 e. The topological polar surface area (TPSA) is 85.3 Å². The van der Waals surface area contributed by atoms with Crippen LogP contribution >= 0.6 is 0 Å². The van der Waals surface area contributed by atoms with E-state index in [4.69, 9.17) is 5.14 Å². The lowest BCUT2D eigenvalue weighted by Crippen LogP contribution is -2.22. The molecular formula is C11H18N2O3S. The molecule has 3 N–H and O–H groups in total. The molecule has 0 radical (unpaired) electrons. The van der Waals surface area contributed by atoms with E-state index in [0.717, 1.165) is 36.2 Å². The zero-order valence-electron chi connectivity index (χ0n) is 9.89. The number of rotatable bonds is 3. The van der Waals surface area contributed by atoms with Crippen LogP contribution in [0.15, 0.2) is 6.07 Å². The van der Waals surface area contributed by atoms with Crippen LogP contribution in [0.1, 0.15) is 35.9 Å². The van der Waals surface area contributed by atoms with Crippen molar-refractivity contribution >= 4 is 10.0 Å². The Morgan fingerprint density at radius 2 is 2.29 bits per heavy atom. The standard InChI is InChI=1S/C11H18N2O3S/c1-8-7-9-10(3-2-4-11(9)14)13(8)5-6-17(12,15)16/h7,11,14H,2-6H2,1H3,(H2,12,15,16). The Balaban J connectivity index is 2.28. The zero-order valence-corrected chi connectivity index (χ0v) is 10.7. The van der Waals surface area contributed by atoms with Gasteiger partial charge in [0.2, 0.25) is 10.0 Å². The van der Waals surface area contributed by atoms with Crippen molar-refractivity contribution < 1.29 is 13.5 Å². The predicted molar refractivity (Wildman–Crippen MR) is 65.0 cm³/mol. The van der Waals surface area contributed by atoms with Crippen LogP contribution in [-0.2, 0) is 23.0 Å². The van der Waals surface area contributed by atoms with E-state index in [0.29, 0.717) is 6.54 Å². The molecule has 0 fully saturated rings. The highest BCUT2D eigenvalue weighted by Crippen LogP contribution is 2.32. The van der Waals surface area contributed by atoms with Crippen molar-refractivity contribution in [2.24, 2.45) is 5.14 Å². The Labute approximate surface area is 101 Å². The summed E-state index contributed by atoms with van der Waals surface area (Å²) in [7, 11) is -3.44. The lowest BCUT2D eigenvalue weighted by Gasteiger charge is -2.20. The molecule has 0 aromatic carbocycles. The van der Waals surface area contributed by atoms with Gasteiger partial charge in [-0.05, 0) is 32.3 Å². The maximum atomic E-state index is 11.0. The fourth-order valence-electron chi connectivity index (χ4n) is 2.47.